The lowest BCUT2D eigenvalue weighted by Crippen LogP contribution is -2.34. The second kappa shape index (κ2) is 5.76. The van der Waals surface area contributed by atoms with Gasteiger partial charge in [0.15, 0.2) is 11.6 Å². The van der Waals surface area contributed by atoms with Gasteiger partial charge in [-0.05, 0) is 25.0 Å². The van der Waals surface area contributed by atoms with Crippen molar-refractivity contribution in [1.82, 2.24) is 4.72 Å². The average molecular weight is 339 g/mol. The Hall–Kier alpha value is -1.81. The Morgan fingerprint density at radius 3 is 2.55 bits per heavy atom. The molecule has 1 fully saturated rings. The number of carboxylic acids is 1. The van der Waals surface area contributed by atoms with Crippen molar-refractivity contribution in [3.05, 3.63) is 24.0 Å². The predicted molar refractivity (Wildman–Crippen MR) is 67.5 cm³/mol. The van der Waals surface area contributed by atoms with E-state index < -0.39 is 44.5 Å². The maximum Gasteiger partial charge on any atom is 0.387 e. The van der Waals surface area contributed by atoms with Crippen molar-refractivity contribution >= 4 is 16.0 Å². The minimum Gasteiger partial charge on any atom is -0.481 e. The Kier molecular flexibility index (Phi) is 4.34. The number of benzene rings is 1. The van der Waals surface area contributed by atoms with Crippen LogP contribution in [0.25, 0.3) is 0 Å². The maximum atomic E-state index is 13.3. The Morgan fingerprint density at radius 2 is 2.05 bits per heavy atom. The van der Waals surface area contributed by atoms with Gasteiger partial charge in [0, 0.05) is 12.6 Å². The van der Waals surface area contributed by atoms with Crippen LogP contribution < -0.4 is 9.46 Å². The summed E-state index contributed by atoms with van der Waals surface area (Å²) >= 11 is 0. The molecule has 10 heteroatoms. The molecular weight excluding hydrogens is 327 g/mol. The maximum absolute atomic E-state index is 13.3. The van der Waals surface area contributed by atoms with E-state index >= 15 is 0 Å². The molecule has 0 atom stereocenters. The highest BCUT2D eigenvalue weighted by Crippen LogP contribution is 2.45. The summed E-state index contributed by atoms with van der Waals surface area (Å²) in [6.07, 6.45) is 0.683. The summed E-state index contributed by atoms with van der Waals surface area (Å²) in [5.74, 6) is -3.16. The highest BCUT2D eigenvalue weighted by Gasteiger charge is 2.50. The summed E-state index contributed by atoms with van der Waals surface area (Å²) in [4.78, 5) is 10.5. The lowest BCUT2D eigenvalue weighted by atomic mass is 10.1. The molecule has 2 N–H and O–H groups in total. The lowest BCUT2D eigenvalue weighted by Gasteiger charge is -2.13. The molecule has 0 aromatic heterocycles. The smallest absolute Gasteiger partial charge is 0.387 e. The van der Waals surface area contributed by atoms with Crippen LogP contribution in [0.4, 0.5) is 13.2 Å². The molecular formula is C12H12F3NO5S. The fraction of sp³-hybridized carbons (Fsp3) is 0.417. The quantitative estimate of drug-likeness (QED) is 0.787. The molecule has 0 aliphatic heterocycles. The number of nitrogens with one attached hydrogen (secondary N) is 1. The topological polar surface area (TPSA) is 92.7 Å². The Morgan fingerprint density at radius 1 is 1.41 bits per heavy atom. The number of carbonyl (C=O) groups is 1. The van der Waals surface area contributed by atoms with E-state index in [4.69, 9.17) is 5.11 Å². The van der Waals surface area contributed by atoms with E-state index in [0.29, 0.717) is 25.0 Å². The first-order chi connectivity index (χ1) is 10.2. The van der Waals surface area contributed by atoms with E-state index in [2.05, 4.69) is 9.46 Å². The number of ether oxygens (including phenoxy) is 1. The van der Waals surface area contributed by atoms with Gasteiger partial charge < -0.3 is 9.84 Å². The first kappa shape index (κ1) is 16.6. The van der Waals surface area contributed by atoms with Crippen molar-refractivity contribution < 1.29 is 36.2 Å². The molecule has 0 amide bonds. The van der Waals surface area contributed by atoms with Crippen molar-refractivity contribution in [3.8, 4) is 5.75 Å². The van der Waals surface area contributed by atoms with Gasteiger partial charge >= 0.3 is 12.6 Å². The molecule has 6 nitrogen and oxygen atoms in total. The third-order valence-electron chi connectivity index (χ3n) is 3.34. The number of rotatable bonds is 7. The van der Waals surface area contributed by atoms with Crippen LogP contribution in [0, 0.1) is 11.2 Å². The first-order valence-corrected chi connectivity index (χ1v) is 7.62. The molecule has 0 unspecified atom stereocenters. The van der Waals surface area contributed by atoms with Gasteiger partial charge in [-0.1, -0.05) is 0 Å². The lowest BCUT2D eigenvalue weighted by molar-refractivity contribution is -0.143. The zero-order valence-electron chi connectivity index (χ0n) is 11.1. The van der Waals surface area contributed by atoms with E-state index in [1.807, 2.05) is 0 Å². The Bertz CT molecular complexity index is 688. The van der Waals surface area contributed by atoms with Gasteiger partial charge in [-0.25, -0.2) is 17.5 Å². The number of carboxylic acid groups (broad SMARTS) is 1. The van der Waals surface area contributed by atoms with Crippen molar-refractivity contribution in [2.75, 3.05) is 6.54 Å². The minimum atomic E-state index is -4.17. The van der Waals surface area contributed by atoms with Gasteiger partial charge in [-0.15, -0.1) is 0 Å². The molecule has 1 aromatic carbocycles. The van der Waals surface area contributed by atoms with Crippen LogP contribution in [0.3, 0.4) is 0 Å². The van der Waals surface area contributed by atoms with Gasteiger partial charge in [-0.2, -0.15) is 8.78 Å². The summed E-state index contributed by atoms with van der Waals surface area (Å²) in [7, 11) is -4.17. The number of hydrogen-bond donors (Lipinski definition) is 2. The molecule has 0 spiro atoms. The number of hydrogen-bond acceptors (Lipinski definition) is 4. The molecule has 122 valence electrons. The SMILES string of the molecule is O=C(O)C1(CNS(=O)(=O)c2ccc(F)c(OC(F)F)c2)CC1. The van der Waals surface area contributed by atoms with Crippen molar-refractivity contribution in [2.45, 2.75) is 24.3 Å². The minimum absolute atomic E-state index is 0.326. The standard InChI is InChI=1S/C12H12F3NO5S/c13-8-2-1-7(5-9(8)21-11(14)15)22(19,20)16-6-12(3-4-12)10(17)18/h1-2,5,11,16H,3-4,6H2,(H,17,18). The van der Waals surface area contributed by atoms with E-state index in [9.17, 15) is 26.4 Å². The summed E-state index contributed by atoms with van der Waals surface area (Å²) in [5, 5.41) is 8.96. The third kappa shape index (κ3) is 3.50. The van der Waals surface area contributed by atoms with E-state index in [-0.39, 0.29) is 6.54 Å². The molecule has 0 saturated heterocycles. The Balaban J connectivity index is 2.17. The highest BCUT2D eigenvalue weighted by molar-refractivity contribution is 7.89. The van der Waals surface area contributed by atoms with Crippen LogP contribution in [0.2, 0.25) is 0 Å². The second-order valence-corrected chi connectivity index (χ2v) is 6.65. The molecule has 0 heterocycles. The van der Waals surface area contributed by atoms with Crippen LogP contribution in [0.5, 0.6) is 5.75 Å². The summed E-state index contributed by atoms with van der Waals surface area (Å²) in [5.41, 5.74) is -1.13. The van der Waals surface area contributed by atoms with Gasteiger partial charge in [-0.3, -0.25) is 4.79 Å². The van der Waals surface area contributed by atoms with Gasteiger partial charge in [0.1, 0.15) is 0 Å². The molecule has 22 heavy (non-hydrogen) atoms. The average Bonchev–Trinajstić information content (AvgIpc) is 3.20. The molecule has 1 aromatic rings. The van der Waals surface area contributed by atoms with E-state index in [1.165, 1.54) is 0 Å². The fourth-order valence-corrected chi connectivity index (χ4v) is 2.91. The van der Waals surface area contributed by atoms with Crippen LogP contribution in [0.15, 0.2) is 23.1 Å². The summed E-state index contributed by atoms with van der Waals surface area (Å²) in [6.45, 7) is -3.63. The zero-order valence-corrected chi connectivity index (χ0v) is 11.9. The number of aliphatic carboxylic acids is 1. The van der Waals surface area contributed by atoms with Gasteiger partial charge in [0.05, 0.1) is 10.3 Å². The molecule has 1 saturated carbocycles. The largest absolute Gasteiger partial charge is 0.481 e. The molecule has 0 radical (unpaired) electrons. The van der Waals surface area contributed by atoms with Crippen LogP contribution >= 0.6 is 0 Å². The number of halogens is 3. The molecule has 1 aliphatic rings. The Labute approximate surface area is 123 Å². The van der Waals surface area contributed by atoms with E-state index in [1.54, 1.807) is 0 Å². The van der Waals surface area contributed by atoms with Crippen LogP contribution in [0.1, 0.15) is 12.8 Å². The van der Waals surface area contributed by atoms with Crippen LogP contribution in [-0.2, 0) is 14.8 Å². The molecule has 1 aliphatic carbocycles. The number of alkyl halides is 2. The summed E-state index contributed by atoms with van der Waals surface area (Å²) in [6, 6.07) is 2.16. The number of sulfonamides is 1. The predicted octanol–water partition coefficient (Wildman–Crippen LogP) is 1.57. The van der Waals surface area contributed by atoms with Gasteiger partial charge in [0.25, 0.3) is 0 Å². The van der Waals surface area contributed by atoms with Crippen LogP contribution in [-0.4, -0.2) is 32.6 Å². The van der Waals surface area contributed by atoms with Gasteiger partial charge in [0.2, 0.25) is 10.0 Å². The fourth-order valence-electron chi connectivity index (χ4n) is 1.77. The highest BCUT2D eigenvalue weighted by atomic mass is 32.2. The van der Waals surface area contributed by atoms with Crippen molar-refractivity contribution in [3.63, 3.8) is 0 Å². The van der Waals surface area contributed by atoms with Crippen molar-refractivity contribution in [1.29, 1.82) is 0 Å². The van der Waals surface area contributed by atoms with Crippen molar-refractivity contribution in [2.24, 2.45) is 5.41 Å². The zero-order chi connectivity index (χ0) is 16.5. The first-order valence-electron chi connectivity index (χ1n) is 6.14. The second-order valence-electron chi connectivity index (χ2n) is 4.88. The summed E-state index contributed by atoms with van der Waals surface area (Å²) < 4.78 is 67.5. The van der Waals surface area contributed by atoms with E-state index in [0.717, 1.165) is 6.07 Å². The molecule has 2 rings (SSSR count). The molecule has 0 bridgehead atoms. The normalized spacial score (nSPS) is 16.5. The third-order valence-corrected chi connectivity index (χ3v) is 4.74. The monoisotopic (exact) mass is 339 g/mol.